The van der Waals surface area contributed by atoms with Crippen LogP contribution in [0.1, 0.15) is 24.8 Å². The van der Waals surface area contributed by atoms with Crippen LogP contribution in [0.5, 0.6) is 0 Å². The van der Waals surface area contributed by atoms with Gasteiger partial charge in [-0.3, -0.25) is 4.90 Å². The first kappa shape index (κ1) is 14.8. The number of rotatable bonds is 3. The zero-order chi connectivity index (χ0) is 14.5. The van der Waals surface area contributed by atoms with E-state index in [4.69, 9.17) is 21.3 Å². The van der Waals surface area contributed by atoms with Crippen LogP contribution >= 0.6 is 11.6 Å². The van der Waals surface area contributed by atoms with Gasteiger partial charge < -0.3 is 10.1 Å². The number of piperidine rings is 1. The molecule has 0 bridgehead atoms. The van der Waals surface area contributed by atoms with Gasteiger partial charge in [0.1, 0.15) is 5.84 Å². The van der Waals surface area contributed by atoms with Crippen LogP contribution in [0.2, 0.25) is 5.02 Å². The molecular formula is C16H22ClN3O. The largest absolute Gasteiger partial charge is 0.379 e. The number of ether oxygens (including phenoxy) is 1. The van der Waals surface area contributed by atoms with Crippen molar-refractivity contribution in [1.82, 2.24) is 10.2 Å². The van der Waals surface area contributed by atoms with Gasteiger partial charge in [-0.25, -0.2) is 4.99 Å². The Labute approximate surface area is 131 Å². The molecule has 0 aliphatic carbocycles. The molecule has 2 fully saturated rings. The molecule has 3 rings (SSSR count). The van der Waals surface area contributed by atoms with E-state index >= 15 is 0 Å². The maximum atomic E-state index is 6.15. The van der Waals surface area contributed by atoms with Gasteiger partial charge in [0, 0.05) is 37.6 Å². The zero-order valence-corrected chi connectivity index (χ0v) is 13.0. The van der Waals surface area contributed by atoms with Crippen molar-refractivity contribution in [1.29, 1.82) is 0 Å². The summed E-state index contributed by atoms with van der Waals surface area (Å²) in [6.45, 7) is 5.54. The molecule has 5 heteroatoms. The summed E-state index contributed by atoms with van der Waals surface area (Å²) in [5.74, 6) is 1.09. The lowest BCUT2D eigenvalue weighted by atomic mass is 10.1. The molecule has 2 heterocycles. The van der Waals surface area contributed by atoms with Crippen LogP contribution in [0.25, 0.3) is 0 Å². The lowest BCUT2D eigenvalue weighted by molar-refractivity contribution is 0.0342. The van der Waals surface area contributed by atoms with Gasteiger partial charge in [-0.05, 0) is 30.5 Å². The molecule has 0 amide bonds. The third-order valence-corrected chi connectivity index (χ3v) is 4.20. The second kappa shape index (κ2) is 7.25. The smallest absolute Gasteiger partial charge is 0.102 e. The molecule has 21 heavy (non-hydrogen) atoms. The second-order valence-electron chi connectivity index (χ2n) is 5.60. The van der Waals surface area contributed by atoms with E-state index in [-0.39, 0.29) is 0 Å². The van der Waals surface area contributed by atoms with E-state index in [0.29, 0.717) is 0 Å². The van der Waals surface area contributed by atoms with Crippen LogP contribution in [0.4, 0.5) is 5.69 Å². The summed E-state index contributed by atoms with van der Waals surface area (Å²) in [6, 6.07) is 6.02. The van der Waals surface area contributed by atoms with E-state index < -0.39 is 0 Å². The van der Waals surface area contributed by atoms with Gasteiger partial charge in [-0.2, -0.15) is 0 Å². The fraction of sp³-hybridized carbons (Fsp3) is 0.562. The summed E-state index contributed by atoms with van der Waals surface area (Å²) in [5, 5.41) is 4.14. The second-order valence-corrected chi connectivity index (χ2v) is 6.04. The Hall–Kier alpha value is -1.10. The summed E-state index contributed by atoms with van der Waals surface area (Å²) < 4.78 is 5.41. The monoisotopic (exact) mass is 307 g/mol. The zero-order valence-electron chi connectivity index (χ0n) is 12.3. The highest BCUT2D eigenvalue weighted by Crippen LogP contribution is 2.26. The van der Waals surface area contributed by atoms with Crippen LogP contribution in [0.3, 0.4) is 0 Å². The molecular weight excluding hydrogens is 286 g/mol. The highest BCUT2D eigenvalue weighted by atomic mass is 35.5. The van der Waals surface area contributed by atoms with Gasteiger partial charge in [0.15, 0.2) is 0 Å². The van der Waals surface area contributed by atoms with Crippen molar-refractivity contribution in [2.45, 2.75) is 25.8 Å². The van der Waals surface area contributed by atoms with Crippen molar-refractivity contribution in [3.8, 4) is 0 Å². The van der Waals surface area contributed by atoms with Crippen molar-refractivity contribution in [2.24, 2.45) is 4.99 Å². The van der Waals surface area contributed by atoms with Gasteiger partial charge in [0.2, 0.25) is 0 Å². The number of halogens is 1. The van der Waals surface area contributed by atoms with Gasteiger partial charge >= 0.3 is 0 Å². The highest BCUT2D eigenvalue weighted by molar-refractivity contribution is 6.30. The Balaban J connectivity index is 1.78. The average Bonchev–Trinajstić information content (AvgIpc) is 2.52. The van der Waals surface area contributed by atoms with Crippen molar-refractivity contribution in [2.75, 3.05) is 32.8 Å². The molecule has 0 radical (unpaired) electrons. The molecule has 0 atom stereocenters. The number of hydrogen-bond acceptors (Lipinski definition) is 3. The molecule has 2 aliphatic rings. The molecule has 114 valence electrons. The van der Waals surface area contributed by atoms with Gasteiger partial charge in [-0.1, -0.05) is 17.7 Å². The van der Waals surface area contributed by atoms with Crippen molar-refractivity contribution in [3.63, 3.8) is 0 Å². The molecule has 0 unspecified atom stereocenters. The fourth-order valence-electron chi connectivity index (χ4n) is 2.75. The average molecular weight is 308 g/mol. The van der Waals surface area contributed by atoms with Crippen LogP contribution in [-0.2, 0) is 11.3 Å². The minimum Gasteiger partial charge on any atom is -0.379 e. The summed E-state index contributed by atoms with van der Waals surface area (Å²) >= 11 is 6.15. The quantitative estimate of drug-likeness (QED) is 0.933. The van der Waals surface area contributed by atoms with E-state index in [1.54, 1.807) is 0 Å². The molecule has 0 aromatic heterocycles. The first-order valence-electron chi connectivity index (χ1n) is 7.71. The van der Waals surface area contributed by atoms with Crippen molar-refractivity contribution in [3.05, 3.63) is 28.8 Å². The molecule has 4 nitrogen and oxygen atoms in total. The minimum atomic E-state index is 0.746. The van der Waals surface area contributed by atoms with Crippen LogP contribution in [0, 0.1) is 0 Å². The predicted molar refractivity (Wildman–Crippen MR) is 86.5 cm³/mol. The van der Waals surface area contributed by atoms with Gasteiger partial charge in [-0.15, -0.1) is 0 Å². The third-order valence-electron chi connectivity index (χ3n) is 3.97. The molecule has 2 aliphatic heterocycles. The third kappa shape index (κ3) is 4.19. The Kier molecular flexibility index (Phi) is 5.12. The first-order chi connectivity index (χ1) is 10.3. The Morgan fingerprint density at radius 2 is 2.10 bits per heavy atom. The van der Waals surface area contributed by atoms with E-state index in [1.165, 1.54) is 18.4 Å². The van der Waals surface area contributed by atoms with Crippen molar-refractivity contribution >= 4 is 23.1 Å². The fourth-order valence-corrected chi connectivity index (χ4v) is 2.92. The van der Waals surface area contributed by atoms with Gasteiger partial charge in [0.05, 0.1) is 18.9 Å². The Morgan fingerprint density at radius 1 is 1.24 bits per heavy atom. The van der Waals surface area contributed by atoms with Crippen LogP contribution in [0.15, 0.2) is 23.2 Å². The maximum absolute atomic E-state index is 6.15. The summed E-state index contributed by atoms with van der Waals surface area (Å²) in [7, 11) is 0. The lowest BCUT2D eigenvalue weighted by Gasteiger charge is -2.27. The number of morpholine rings is 1. The van der Waals surface area contributed by atoms with Crippen molar-refractivity contribution < 1.29 is 4.74 Å². The standard InChI is InChI=1S/C16H22ClN3O/c17-14-5-4-13(12-20-7-9-21-10-8-20)15(11-14)19-16-3-1-2-6-18-16/h4-5,11H,1-3,6-10,12H2,(H,18,19). The Bertz CT molecular complexity index is 504. The molecule has 1 aromatic carbocycles. The summed E-state index contributed by atoms with van der Waals surface area (Å²) in [4.78, 5) is 7.21. The molecule has 0 spiro atoms. The number of aliphatic imine (C=N–C) groups is 1. The number of amidine groups is 1. The highest BCUT2D eigenvalue weighted by Gasteiger charge is 2.14. The summed E-state index contributed by atoms with van der Waals surface area (Å²) in [5.41, 5.74) is 2.24. The first-order valence-corrected chi connectivity index (χ1v) is 8.09. The van der Waals surface area contributed by atoms with Crippen LogP contribution in [-0.4, -0.2) is 43.6 Å². The van der Waals surface area contributed by atoms with Crippen LogP contribution < -0.4 is 5.32 Å². The summed E-state index contributed by atoms with van der Waals surface area (Å²) in [6.07, 6.45) is 3.48. The predicted octanol–water partition coefficient (Wildman–Crippen LogP) is 2.98. The molecule has 0 saturated carbocycles. The number of hydrogen-bond donors (Lipinski definition) is 1. The Morgan fingerprint density at radius 3 is 2.86 bits per heavy atom. The van der Waals surface area contributed by atoms with E-state index in [0.717, 1.165) is 62.4 Å². The molecule has 1 N–H and O–H groups in total. The molecule has 2 saturated heterocycles. The van der Waals surface area contributed by atoms with E-state index in [9.17, 15) is 0 Å². The lowest BCUT2D eigenvalue weighted by Crippen LogP contribution is -2.35. The normalized spacial score (nSPS) is 22.2. The number of benzene rings is 1. The topological polar surface area (TPSA) is 36.9 Å². The SMILES string of the molecule is Clc1ccc(CN2CCOCC2)c(/N=C2\CCCCN2)c1. The van der Waals surface area contributed by atoms with Gasteiger partial charge in [0.25, 0.3) is 0 Å². The van der Waals surface area contributed by atoms with E-state index in [1.807, 2.05) is 12.1 Å². The van der Waals surface area contributed by atoms with E-state index in [2.05, 4.69) is 16.3 Å². The maximum Gasteiger partial charge on any atom is 0.102 e. The minimum absolute atomic E-state index is 0.746. The molecule has 1 aromatic rings. The number of nitrogens with zero attached hydrogens (tertiary/aromatic N) is 2. The number of nitrogens with one attached hydrogen (secondary N) is 1.